The van der Waals surface area contributed by atoms with Crippen LogP contribution in [0.2, 0.25) is 0 Å². The fourth-order valence-corrected chi connectivity index (χ4v) is 3.47. The molecule has 2 N–H and O–H groups in total. The standard InChI is InChI=1S/C17H30N2O/c1-12(2)14-5-6-17(18)16(9-14)11-19(4)10-15-7-8-20-13(15)3/h7-8,12,14,16-17H,5-6,9-11,18H2,1-4H3. The van der Waals surface area contributed by atoms with E-state index in [4.69, 9.17) is 10.2 Å². The number of furan rings is 1. The van der Waals surface area contributed by atoms with Crippen LogP contribution in [-0.2, 0) is 6.54 Å². The maximum Gasteiger partial charge on any atom is 0.105 e. The Kier molecular flexibility index (Phi) is 5.28. The minimum atomic E-state index is 0.373. The summed E-state index contributed by atoms with van der Waals surface area (Å²) in [6.07, 6.45) is 5.55. The third-order valence-electron chi connectivity index (χ3n) is 4.98. The molecule has 0 amide bonds. The molecule has 2 rings (SSSR count). The molecule has 3 atom stereocenters. The van der Waals surface area contributed by atoms with Crippen molar-refractivity contribution in [1.29, 1.82) is 0 Å². The van der Waals surface area contributed by atoms with Gasteiger partial charge >= 0.3 is 0 Å². The summed E-state index contributed by atoms with van der Waals surface area (Å²) in [6.45, 7) is 8.77. The minimum absolute atomic E-state index is 0.373. The second-order valence-electron chi connectivity index (χ2n) is 6.94. The summed E-state index contributed by atoms with van der Waals surface area (Å²) in [5.41, 5.74) is 7.64. The molecule has 0 aromatic carbocycles. The van der Waals surface area contributed by atoms with Crippen molar-refractivity contribution in [1.82, 2.24) is 4.90 Å². The first-order chi connectivity index (χ1) is 9.47. The molecule has 3 nitrogen and oxygen atoms in total. The maximum atomic E-state index is 6.35. The summed E-state index contributed by atoms with van der Waals surface area (Å²) < 4.78 is 5.37. The smallest absolute Gasteiger partial charge is 0.105 e. The third kappa shape index (κ3) is 3.86. The van der Waals surface area contributed by atoms with E-state index in [1.807, 2.05) is 6.92 Å². The van der Waals surface area contributed by atoms with Crippen molar-refractivity contribution in [3.8, 4) is 0 Å². The van der Waals surface area contributed by atoms with Gasteiger partial charge in [-0.1, -0.05) is 13.8 Å². The summed E-state index contributed by atoms with van der Waals surface area (Å²) in [7, 11) is 2.19. The van der Waals surface area contributed by atoms with Gasteiger partial charge in [0.2, 0.25) is 0 Å². The van der Waals surface area contributed by atoms with E-state index in [2.05, 4.69) is 31.9 Å². The quantitative estimate of drug-likeness (QED) is 0.897. The van der Waals surface area contributed by atoms with Gasteiger partial charge in [-0.3, -0.25) is 0 Å². The van der Waals surface area contributed by atoms with Crippen LogP contribution in [0.25, 0.3) is 0 Å². The van der Waals surface area contributed by atoms with E-state index in [9.17, 15) is 0 Å². The molecule has 0 aliphatic heterocycles. The average Bonchev–Trinajstić information content (AvgIpc) is 2.77. The summed E-state index contributed by atoms with van der Waals surface area (Å²) >= 11 is 0. The lowest BCUT2D eigenvalue weighted by molar-refractivity contribution is 0.147. The number of aryl methyl sites for hydroxylation is 1. The number of hydrogen-bond acceptors (Lipinski definition) is 3. The second kappa shape index (κ2) is 6.77. The fraction of sp³-hybridized carbons (Fsp3) is 0.765. The van der Waals surface area contributed by atoms with Gasteiger partial charge in [0, 0.05) is 24.7 Å². The monoisotopic (exact) mass is 278 g/mol. The number of hydrogen-bond donors (Lipinski definition) is 1. The van der Waals surface area contributed by atoms with Gasteiger partial charge in [0.05, 0.1) is 6.26 Å². The van der Waals surface area contributed by atoms with Crippen LogP contribution in [0.1, 0.15) is 44.4 Å². The molecule has 1 aliphatic rings. The summed E-state index contributed by atoms with van der Waals surface area (Å²) in [6, 6.07) is 2.45. The molecule has 20 heavy (non-hydrogen) atoms. The average molecular weight is 278 g/mol. The van der Waals surface area contributed by atoms with E-state index in [-0.39, 0.29) is 0 Å². The SMILES string of the molecule is Cc1occc1CN(C)CC1CC(C(C)C)CCC1N. The molecule has 0 radical (unpaired) electrons. The van der Waals surface area contributed by atoms with Gasteiger partial charge in [-0.25, -0.2) is 0 Å². The van der Waals surface area contributed by atoms with E-state index in [0.717, 1.165) is 30.7 Å². The molecular weight excluding hydrogens is 248 g/mol. The van der Waals surface area contributed by atoms with Gasteiger partial charge in [0.15, 0.2) is 0 Å². The molecule has 3 heteroatoms. The van der Waals surface area contributed by atoms with E-state index in [1.165, 1.54) is 24.8 Å². The summed E-state index contributed by atoms with van der Waals surface area (Å²) in [5.74, 6) is 3.30. The second-order valence-corrected chi connectivity index (χ2v) is 6.94. The molecule has 1 aliphatic carbocycles. The maximum absolute atomic E-state index is 6.35. The van der Waals surface area contributed by atoms with E-state index < -0.39 is 0 Å². The van der Waals surface area contributed by atoms with Gasteiger partial charge in [-0.2, -0.15) is 0 Å². The van der Waals surface area contributed by atoms with Gasteiger partial charge in [0.1, 0.15) is 5.76 Å². The molecule has 0 saturated heterocycles. The Morgan fingerprint density at radius 3 is 2.75 bits per heavy atom. The lowest BCUT2D eigenvalue weighted by Crippen LogP contribution is -2.42. The van der Waals surface area contributed by atoms with Gasteiger partial charge in [0.25, 0.3) is 0 Å². The van der Waals surface area contributed by atoms with Crippen LogP contribution >= 0.6 is 0 Å². The van der Waals surface area contributed by atoms with Gasteiger partial charge in [-0.15, -0.1) is 0 Å². The molecule has 114 valence electrons. The van der Waals surface area contributed by atoms with E-state index >= 15 is 0 Å². The molecule has 3 unspecified atom stereocenters. The minimum Gasteiger partial charge on any atom is -0.469 e. The molecule has 1 aromatic heterocycles. The van der Waals surface area contributed by atoms with Crippen LogP contribution in [0.3, 0.4) is 0 Å². The number of nitrogens with zero attached hydrogens (tertiary/aromatic N) is 1. The van der Waals surface area contributed by atoms with Crippen LogP contribution in [0, 0.1) is 24.7 Å². The Hall–Kier alpha value is -0.800. The number of nitrogens with two attached hydrogens (primary N) is 1. The Labute approximate surface area is 123 Å². The highest BCUT2D eigenvalue weighted by Crippen LogP contribution is 2.33. The molecule has 0 bridgehead atoms. The Morgan fingerprint density at radius 1 is 1.40 bits per heavy atom. The Balaban J connectivity index is 1.89. The topological polar surface area (TPSA) is 42.4 Å². The van der Waals surface area contributed by atoms with Crippen LogP contribution in [0.15, 0.2) is 16.7 Å². The highest BCUT2D eigenvalue weighted by molar-refractivity contribution is 5.15. The van der Waals surface area contributed by atoms with Crippen LogP contribution in [0.4, 0.5) is 0 Å². The highest BCUT2D eigenvalue weighted by Gasteiger charge is 2.30. The molecule has 1 aromatic rings. The molecule has 1 fully saturated rings. The van der Waals surface area contributed by atoms with Crippen molar-refractivity contribution < 1.29 is 4.42 Å². The summed E-state index contributed by atoms with van der Waals surface area (Å²) in [5, 5.41) is 0. The zero-order chi connectivity index (χ0) is 14.7. The Morgan fingerprint density at radius 2 is 2.15 bits per heavy atom. The molecule has 1 saturated carbocycles. The predicted octanol–water partition coefficient (Wildman–Crippen LogP) is 3.42. The molecule has 1 heterocycles. The van der Waals surface area contributed by atoms with Crippen LogP contribution in [-0.4, -0.2) is 24.5 Å². The third-order valence-corrected chi connectivity index (χ3v) is 4.98. The largest absolute Gasteiger partial charge is 0.469 e. The lowest BCUT2D eigenvalue weighted by atomic mass is 9.74. The van der Waals surface area contributed by atoms with Crippen LogP contribution in [0.5, 0.6) is 0 Å². The first-order valence-electron chi connectivity index (χ1n) is 7.94. The normalized spacial score (nSPS) is 27.4. The van der Waals surface area contributed by atoms with Crippen molar-refractivity contribution in [3.05, 3.63) is 23.7 Å². The van der Waals surface area contributed by atoms with Crippen molar-refractivity contribution in [2.75, 3.05) is 13.6 Å². The van der Waals surface area contributed by atoms with Gasteiger partial charge in [-0.05, 0) is 57.1 Å². The zero-order valence-corrected chi connectivity index (χ0v) is 13.4. The lowest BCUT2D eigenvalue weighted by Gasteiger charge is -2.38. The highest BCUT2D eigenvalue weighted by atomic mass is 16.3. The van der Waals surface area contributed by atoms with Crippen molar-refractivity contribution in [2.45, 2.75) is 52.6 Å². The Bertz CT molecular complexity index is 413. The van der Waals surface area contributed by atoms with E-state index in [0.29, 0.717) is 12.0 Å². The first-order valence-corrected chi connectivity index (χ1v) is 7.94. The predicted molar refractivity (Wildman–Crippen MR) is 83.4 cm³/mol. The molecule has 0 spiro atoms. The summed E-state index contributed by atoms with van der Waals surface area (Å²) in [4.78, 5) is 2.39. The van der Waals surface area contributed by atoms with Crippen molar-refractivity contribution in [3.63, 3.8) is 0 Å². The van der Waals surface area contributed by atoms with Crippen molar-refractivity contribution >= 4 is 0 Å². The molecular formula is C17H30N2O. The number of rotatable bonds is 5. The van der Waals surface area contributed by atoms with Crippen LogP contribution < -0.4 is 5.73 Å². The van der Waals surface area contributed by atoms with Crippen molar-refractivity contribution in [2.24, 2.45) is 23.5 Å². The zero-order valence-electron chi connectivity index (χ0n) is 13.4. The fourth-order valence-electron chi connectivity index (χ4n) is 3.47. The van der Waals surface area contributed by atoms with Gasteiger partial charge < -0.3 is 15.1 Å². The van der Waals surface area contributed by atoms with E-state index in [1.54, 1.807) is 6.26 Å². The first kappa shape index (κ1) is 15.6.